The average molecular weight is 142 g/mol. The van der Waals surface area contributed by atoms with Crippen LogP contribution in [0.15, 0.2) is 0 Å². The minimum absolute atomic E-state index is 0.329. The van der Waals surface area contributed by atoms with Crippen molar-refractivity contribution in [3.05, 3.63) is 0 Å². The molecule has 1 saturated heterocycles. The Balaban J connectivity index is 2.55. The van der Waals surface area contributed by atoms with Crippen LogP contribution in [0.2, 0.25) is 0 Å². The quantitative estimate of drug-likeness (QED) is 0.505. The van der Waals surface area contributed by atoms with Crippen LogP contribution in [0.4, 0.5) is 0 Å². The molecule has 0 amide bonds. The van der Waals surface area contributed by atoms with Crippen LogP contribution in [-0.4, -0.2) is 12.7 Å². The van der Waals surface area contributed by atoms with E-state index in [2.05, 4.69) is 27.7 Å². The molecular formula is C9H18O. The SMILES string of the molecule is CC1CCOC1C(C)(C)C. The zero-order chi connectivity index (χ0) is 7.78. The first-order valence-corrected chi connectivity index (χ1v) is 4.13. The first-order valence-electron chi connectivity index (χ1n) is 4.13. The van der Waals surface area contributed by atoms with Crippen molar-refractivity contribution in [2.75, 3.05) is 6.61 Å². The van der Waals surface area contributed by atoms with Crippen molar-refractivity contribution in [3.8, 4) is 0 Å². The molecule has 0 aromatic carbocycles. The third-order valence-corrected chi connectivity index (χ3v) is 2.24. The summed E-state index contributed by atoms with van der Waals surface area (Å²) in [6.45, 7) is 9.99. The highest BCUT2D eigenvalue weighted by molar-refractivity contribution is 4.82. The first kappa shape index (κ1) is 8.06. The highest BCUT2D eigenvalue weighted by Gasteiger charge is 2.34. The maximum atomic E-state index is 5.63. The summed E-state index contributed by atoms with van der Waals surface area (Å²) >= 11 is 0. The molecule has 1 aliphatic rings. The molecule has 1 rings (SSSR count). The predicted molar refractivity (Wildman–Crippen MR) is 43.0 cm³/mol. The fraction of sp³-hybridized carbons (Fsp3) is 1.00. The fourth-order valence-electron chi connectivity index (χ4n) is 1.80. The van der Waals surface area contributed by atoms with Gasteiger partial charge in [-0.15, -0.1) is 0 Å². The Hall–Kier alpha value is -0.0400. The third-order valence-electron chi connectivity index (χ3n) is 2.24. The van der Waals surface area contributed by atoms with Gasteiger partial charge in [0.15, 0.2) is 0 Å². The van der Waals surface area contributed by atoms with E-state index in [1.165, 1.54) is 6.42 Å². The van der Waals surface area contributed by atoms with Crippen molar-refractivity contribution in [1.29, 1.82) is 0 Å². The normalized spacial score (nSPS) is 34.8. The van der Waals surface area contributed by atoms with Gasteiger partial charge in [-0.25, -0.2) is 0 Å². The largest absolute Gasteiger partial charge is 0.377 e. The molecule has 0 bridgehead atoms. The Morgan fingerprint density at radius 2 is 1.90 bits per heavy atom. The van der Waals surface area contributed by atoms with E-state index in [-0.39, 0.29) is 0 Å². The van der Waals surface area contributed by atoms with Crippen LogP contribution in [0.3, 0.4) is 0 Å². The van der Waals surface area contributed by atoms with Crippen molar-refractivity contribution in [2.24, 2.45) is 11.3 Å². The Labute approximate surface area is 63.8 Å². The summed E-state index contributed by atoms with van der Waals surface area (Å²) in [6, 6.07) is 0. The van der Waals surface area contributed by atoms with Crippen LogP contribution in [0, 0.1) is 11.3 Å². The number of hydrogen-bond acceptors (Lipinski definition) is 1. The molecule has 1 aliphatic heterocycles. The van der Waals surface area contributed by atoms with Crippen molar-refractivity contribution in [1.82, 2.24) is 0 Å². The zero-order valence-electron chi connectivity index (χ0n) is 7.48. The van der Waals surface area contributed by atoms with Crippen molar-refractivity contribution >= 4 is 0 Å². The van der Waals surface area contributed by atoms with Crippen molar-refractivity contribution in [2.45, 2.75) is 40.2 Å². The van der Waals surface area contributed by atoms with Gasteiger partial charge in [0.2, 0.25) is 0 Å². The maximum absolute atomic E-state index is 5.63. The third kappa shape index (κ3) is 1.51. The summed E-state index contributed by atoms with van der Waals surface area (Å²) in [5, 5.41) is 0. The molecule has 0 aromatic heterocycles. The predicted octanol–water partition coefficient (Wildman–Crippen LogP) is 2.46. The molecule has 1 nitrogen and oxygen atoms in total. The van der Waals surface area contributed by atoms with Gasteiger partial charge in [0.1, 0.15) is 0 Å². The van der Waals surface area contributed by atoms with Gasteiger partial charge >= 0.3 is 0 Å². The fourth-order valence-corrected chi connectivity index (χ4v) is 1.80. The lowest BCUT2D eigenvalue weighted by Crippen LogP contribution is -2.29. The van der Waals surface area contributed by atoms with E-state index in [0.29, 0.717) is 11.5 Å². The average Bonchev–Trinajstić information content (AvgIpc) is 2.11. The van der Waals surface area contributed by atoms with E-state index in [0.717, 1.165) is 12.5 Å². The number of hydrogen-bond donors (Lipinski definition) is 0. The topological polar surface area (TPSA) is 9.23 Å². The number of rotatable bonds is 0. The Bertz CT molecular complexity index is 112. The summed E-state index contributed by atoms with van der Waals surface area (Å²) in [5.74, 6) is 0.750. The molecule has 60 valence electrons. The zero-order valence-corrected chi connectivity index (χ0v) is 7.48. The molecule has 0 aromatic rings. The van der Waals surface area contributed by atoms with Crippen LogP contribution in [0.25, 0.3) is 0 Å². The van der Waals surface area contributed by atoms with E-state index in [1.54, 1.807) is 0 Å². The van der Waals surface area contributed by atoms with Crippen LogP contribution < -0.4 is 0 Å². The van der Waals surface area contributed by atoms with Crippen molar-refractivity contribution < 1.29 is 4.74 Å². The first-order chi connectivity index (χ1) is 4.52. The van der Waals surface area contributed by atoms with E-state index >= 15 is 0 Å². The van der Waals surface area contributed by atoms with Crippen LogP contribution >= 0.6 is 0 Å². The summed E-state index contributed by atoms with van der Waals surface area (Å²) in [6.07, 6.45) is 1.72. The van der Waals surface area contributed by atoms with Gasteiger partial charge in [-0.1, -0.05) is 27.7 Å². The lowest BCUT2D eigenvalue weighted by molar-refractivity contribution is 0.0106. The molecule has 2 atom stereocenters. The second-order valence-electron chi connectivity index (χ2n) is 4.42. The van der Waals surface area contributed by atoms with Gasteiger partial charge in [-0.05, 0) is 17.8 Å². The smallest absolute Gasteiger partial charge is 0.0649 e. The van der Waals surface area contributed by atoms with Gasteiger partial charge in [0, 0.05) is 6.61 Å². The lowest BCUT2D eigenvalue weighted by Gasteiger charge is -2.29. The molecule has 1 fully saturated rings. The van der Waals surface area contributed by atoms with Crippen molar-refractivity contribution in [3.63, 3.8) is 0 Å². The Morgan fingerprint density at radius 3 is 2.10 bits per heavy atom. The van der Waals surface area contributed by atoms with E-state index in [1.807, 2.05) is 0 Å². The van der Waals surface area contributed by atoms with Gasteiger partial charge < -0.3 is 4.74 Å². The van der Waals surface area contributed by atoms with Crippen LogP contribution in [-0.2, 0) is 4.74 Å². The molecule has 0 saturated carbocycles. The summed E-state index contributed by atoms with van der Waals surface area (Å²) < 4.78 is 5.63. The van der Waals surface area contributed by atoms with Gasteiger partial charge in [-0.2, -0.15) is 0 Å². The van der Waals surface area contributed by atoms with E-state index < -0.39 is 0 Å². The summed E-state index contributed by atoms with van der Waals surface area (Å²) in [4.78, 5) is 0. The molecule has 0 spiro atoms. The molecule has 0 N–H and O–H groups in total. The molecule has 1 heteroatoms. The highest BCUT2D eigenvalue weighted by atomic mass is 16.5. The molecular weight excluding hydrogens is 124 g/mol. The van der Waals surface area contributed by atoms with Gasteiger partial charge in [0.05, 0.1) is 6.10 Å². The van der Waals surface area contributed by atoms with Crippen LogP contribution in [0.1, 0.15) is 34.1 Å². The molecule has 0 aliphatic carbocycles. The minimum Gasteiger partial charge on any atom is -0.377 e. The Kier molecular flexibility index (Phi) is 2.04. The van der Waals surface area contributed by atoms with E-state index in [4.69, 9.17) is 4.74 Å². The maximum Gasteiger partial charge on any atom is 0.0649 e. The summed E-state index contributed by atoms with van der Waals surface area (Å²) in [5.41, 5.74) is 0.329. The monoisotopic (exact) mass is 142 g/mol. The Morgan fingerprint density at radius 1 is 1.30 bits per heavy atom. The minimum atomic E-state index is 0.329. The molecule has 1 heterocycles. The standard InChI is InChI=1S/C9H18O/c1-7-5-6-10-8(7)9(2,3)4/h7-8H,5-6H2,1-4H3. The second-order valence-corrected chi connectivity index (χ2v) is 4.42. The van der Waals surface area contributed by atoms with Gasteiger partial charge in [-0.3, -0.25) is 0 Å². The number of ether oxygens (including phenoxy) is 1. The molecule has 2 unspecified atom stereocenters. The molecule has 10 heavy (non-hydrogen) atoms. The van der Waals surface area contributed by atoms with E-state index in [9.17, 15) is 0 Å². The lowest BCUT2D eigenvalue weighted by atomic mass is 9.82. The summed E-state index contributed by atoms with van der Waals surface area (Å²) in [7, 11) is 0. The van der Waals surface area contributed by atoms with Gasteiger partial charge in [0.25, 0.3) is 0 Å². The molecule has 0 radical (unpaired) electrons. The van der Waals surface area contributed by atoms with Crippen LogP contribution in [0.5, 0.6) is 0 Å². The second kappa shape index (κ2) is 2.54. The highest BCUT2D eigenvalue weighted by Crippen LogP contribution is 2.33.